The van der Waals surface area contributed by atoms with Gasteiger partial charge in [0.25, 0.3) is 11.8 Å². The SMILES string of the molecule is CCCCCCCCCCCCCCCCCC(=O)OCCOCCOCCOCCOCCOCCOCCOCCN1C(=O)c2ccccc2C1=O. The van der Waals surface area contributed by atoms with Crippen molar-refractivity contribution in [2.45, 2.75) is 110 Å². The molecule has 1 aliphatic heterocycles. The highest BCUT2D eigenvalue weighted by atomic mass is 16.6. The fourth-order valence-electron chi connectivity index (χ4n) is 5.95. The Kier molecular flexibility index (Phi) is 30.9. The fraction of sp³-hybridized carbons (Fsp3) is 0.786. The molecule has 0 saturated heterocycles. The third-order valence-electron chi connectivity index (χ3n) is 9.04. The van der Waals surface area contributed by atoms with E-state index in [4.69, 9.17) is 37.9 Å². The molecule has 2 amide bonds. The van der Waals surface area contributed by atoms with Crippen LogP contribution in [-0.4, -0.2) is 128 Å². The molecule has 12 heteroatoms. The van der Waals surface area contributed by atoms with E-state index in [2.05, 4.69) is 6.92 Å². The van der Waals surface area contributed by atoms with Crippen molar-refractivity contribution < 1.29 is 52.3 Å². The number of rotatable bonds is 40. The normalized spacial score (nSPS) is 12.6. The van der Waals surface area contributed by atoms with E-state index in [0.717, 1.165) is 12.8 Å². The van der Waals surface area contributed by atoms with Gasteiger partial charge in [0.15, 0.2) is 0 Å². The number of amides is 2. The van der Waals surface area contributed by atoms with Crippen LogP contribution in [0, 0.1) is 0 Å². The highest BCUT2D eigenvalue weighted by molar-refractivity contribution is 6.21. The lowest BCUT2D eigenvalue weighted by Crippen LogP contribution is -2.33. The first-order valence-corrected chi connectivity index (χ1v) is 20.8. The molecule has 0 atom stereocenters. The number of nitrogens with zero attached hydrogens (tertiary/aromatic N) is 1. The van der Waals surface area contributed by atoms with Gasteiger partial charge in [-0.25, -0.2) is 0 Å². The molecule has 2 rings (SSSR count). The van der Waals surface area contributed by atoms with Crippen LogP contribution in [0.4, 0.5) is 0 Å². The van der Waals surface area contributed by atoms with Gasteiger partial charge in [0.2, 0.25) is 0 Å². The van der Waals surface area contributed by atoms with E-state index in [1.807, 2.05) is 0 Å². The zero-order valence-corrected chi connectivity index (χ0v) is 33.4. The second-order valence-electron chi connectivity index (χ2n) is 13.5. The van der Waals surface area contributed by atoms with Gasteiger partial charge in [-0.3, -0.25) is 19.3 Å². The summed E-state index contributed by atoms with van der Waals surface area (Å²) in [6.45, 7) is 8.75. The Morgan fingerprint density at radius 1 is 0.444 bits per heavy atom. The molecule has 1 aromatic carbocycles. The number of imide groups is 1. The summed E-state index contributed by atoms with van der Waals surface area (Å²) in [6.07, 6.45) is 20.1. The average molecular weight is 766 g/mol. The molecule has 54 heavy (non-hydrogen) atoms. The van der Waals surface area contributed by atoms with E-state index in [-0.39, 0.29) is 37.5 Å². The summed E-state index contributed by atoms with van der Waals surface area (Å²) < 4.78 is 43.7. The second kappa shape index (κ2) is 35.0. The van der Waals surface area contributed by atoms with Gasteiger partial charge >= 0.3 is 5.97 Å². The number of ether oxygens (including phenoxy) is 8. The Bertz CT molecular complexity index is 1040. The minimum atomic E-state index is -0.277. The maximum Gasteiger partial charge on any atom is 0.305 e. The molecule has 0 bridgehead atoms. The van der Waals surface area contributed by atoms with Gasteiger partial charge in [-0.2, -0.15) is 0 Å². The van der Waals surface area contributed by atoms with Crippen LogP contribution in [0.25, 0.3) is 0 Å². The molecule has 0 N–H and O–H groups in total. The van der Waals surface area contributed by atoms with Gasteiger partial charge in [-0.1, -0.05) is 109 Å². The summed E-state index contributed by atoms with van der Waals surface area (Å²) in [6, 6.07) is 6.82. The maximum absolute atomic E-state index is 12.3. The summed E-state index contributed by atoms with van der Waals surface area (Å²) in [5.41, 5.74) is 0.885. The number of unbranched alkanes of at least 4 members (excludes halogenated alkanes) is 14. The predicted octanol–water partition coefficient (Wildman–Crippen LogP) is 7.20. The summed E-state index contributed by atoms with van der Waals surface area (Å²) in [4.78, 5) is 37.8. The van der Waals surface area contributed by atoms with Crippen molar-refractivity contribution in [3.63, 3.8) is 0 Å². The van der Waals surface area contributed by atoms with E-state index in [0.29, 0.717) is 103 Å². The van der Waals surface area contributed by atoms with Crippen LogP contribution in [0.15, 0.2) is 24.3 Å². The van der Waals surface area contributed by atoms with E-state index >= 15 is 0 Å². The molecular weight excluding hydrogens is 694 g/mol. The Hall–Kier alpha value is -2.45. The first-order chi connectivity index (χ1) is 26.6. The fourth-order valence-corrected chi connectivity index (χ4v) is 5.95. The lowest BCUT2D eigenvalue weighted by Gasteiger charge is -2.13. The predicted molar refractivity (Wildman–Crippen MR) is 208 cm³/mol. The van der Waals surface area contributed by atoms with Crippen LogP contribution in [0.1, 0.15) is 130 Å². The number of hydrogen-bond acceptors (Lipinski definition) is 11. The number of carbonyl (C=O) groups excluding carboxylic acids is 3. The van der Waals surface area contributed by atoms with E-state index < -0.39 is 0 Å². The molecule has 0 unspecified atom stereocenters. The van der Waals surface area contributed by atoms with Crippen LogP contribution in [0.5, 0.6) is 0 Å². The standard InChI is InChI=1S/C42H71NO11/c1-2-3-4-5-6-7-8-9-10-11-12-13-14-15-16-21-40(44)54-37-36-53-35-34-52-33-32-51-31-30-50-29-28-49-27-26-48-25-24-47-23-22-43-41(45)38-19-17-18-20-39(38)42(43)46/h17-20H,2-16,21-37H2,1H3. The first kappa shape index (κ1) is 47.7. The molecule has 0 saturated carbocycles. The molecule has 0 spiro atoms. The lowest BCUT2D eigenvalue weighted by molar-refractivity contribution is -0.145. The van der Waals surface area contributed by atoms with Gasteiger partial charge in [0.1, 0.15) is 6.61 Å². The van der Waals surface area contributed by atoms with Gasteiger partial charge < -0.3 is 37.9 Å². The zero-order valence-electron chi connectivity index (χ0n) is 33.4. The van der Waals surface area contributed by atoms with Crippen molar-refractivity contribution in [3.8, 4) is 0 Å². The maximum atomic E-state index is 12.3. The number of carbonyl (C=O) groups is 3. The quantitative estimate of drug-likeness (QED) is 0.0382. The third kappa shape index (κ3) is 24.9. The van der Waals surface area contributed by atoms with Crippen molar-refractivity contribution >= 4 is 17.8 Å². The van der Waals surface area contributed by atoms with Crippen LogP contribution < -0.4 is 0 Å². The average Bonchev–Trinajstić information content (AvgIpc) is 3.42. The van der Waals surface area contributed by atoms with Crippen molar-refractivity contribution in [3.05, 3.63) is 35.4 Å². The number of benzene rings is 1. The van der Waals surface area contributed by atoms with Crippen LogP contribution in [-0.2, 0) is 42.7 Å². The van der Waals surface area contributed by atoms with Crippen LogP contribution in [0.2, 0.25) is 0 Å². The third-order valence-corrected chi connectivity index (χ3v) is 9.04. The summed E-state index contributed by atoms with van der Waals surface area (Å²) in [7, 11) is 0. The topological polar surface area (TPSA) is 128 Å². The van der Waals surface area contributed by atoms with Crippen molar-refractivity contribution in [2.24, 2.45) is 0 Å². The molecule has 0 aromatic heterocycles. The van der Waals surface area contributed by atoms with Crippen molar-refractivity contribution in [2.75, 3.05) is 106 Å². The number of esters is 1. The largest absolute Gasteiger partial charge is 0.463 e. The molecule has 1 heterocycles. The Morgan fingerprint density at radius 2 is 0.759 bits per heavy atom. The van der Waals surface area contributed by atoms with Gasteiger partial charge in [-0.15, -0.1) is 0 Å². The van der Waals surface area contributed by atoms with Crippen LogP contribution >= 0.6 is 0 Å². The Morgan fingerprint density at radius 3 is 1.13 bits per heavy atom. The minimum Gasteiger partial charge on any atom is -0.463 e. The molecule has 310 valence electrons. The second-order valence-corrected chi connectivity index (χ2v) is 13.5. The molecule has 12 nitrogen and oxygen atoms in total. The Balaban J connectivity index is 1.18. The lowest BCUT2D eigenvalue weighted by atomic mass is 10.0. The molecule has 1 aliphatic rings. The van der Waals surface area contributed by atoms with E-state index in [1.165, 1.54) is 88.4 Å². The van der Waals surface area contributed by atoms with E-state index in [9.17, 15) is 14.4 Å². The monoisotopic (exact) mass is 766 g/mol. The minimum absolute atomic E-state index is 0.138. The van der Waals surface area contributed by atoms with E-state index in [1.54, 1.807) is 24.3 Å². The molecular formula is C42H71NO11. The molecule has 0 fully saturated rings. The van der Waals surface area contributed by atoms with Crippen LogP contribution in [0.3, 0.4) is 0 Å². The highest BCUT2D eigenvalue weighted by Crippen LogP contribution is 2.22. The molecule has 0 aliphatic carbocycles. The summed E-state index contributed by atoms with van der Waals surface area (Å²) in [5.74, 6) is -0.693. The van der Waals surface area contributed by atoms with Crippen molar-refractivity contribution in [1.82, 2.24) is 4.90 Å². The number of fused-ring (bicyclic) bond motifs is 1. The number of hydrogen-bond donors (Lipinski definition) is 0. The summed E-state index contributed by atoms with van der Waals surface area (Å²) in [5, 5.41) is 0. The summed E-state index contributed by atoms with van der Waals surface area (Å²) >= 11 is 0. The zero-order chi connectivity index (χ0) is 38.6. The van der Waals surface area contributed by atoms with Gasteiger partial charge in [0.05, 0.1) is 110 Å². The first-order valence-electron chi connectivity index (χ1n) is 20.8. The van der Waals surface area contributed by atoms with Gasteiger partial charge in [-0.05, 0) is 18.6 Å². The smallest absolute Gasteiger partial charge is 0.305 e. The molecule has 0 radical (unpaired) electrons. The van der Waals surface area contributed by atoms with Gasteiger partial charge in [0, 0.05) is 6.42 Å². The molecule has 1 aromatic rings. The highest BCUT2D eigenvalue weighted by Gasteiger charge is 2.34. The van der Waals surface area contributed by atoms with Crippen molar-refractivity contribution in [1.29, 1.82) is 0 Å². The Labute approximate surface area is 325 Å².